The van der Waals surface area contributed by atoms with Gasteiger partial charge in [0.15, 0.2) is 0 Å². The molecule has 2 atom stereocenters. The molecule has 0 spiro atoms. The largest absolute Gasteiger partial charge is 0.442 e. The average Bonchev–Trinajstić information content (AvgIpc) is 4.00. The lowest BCUT2D eigenvalue weighted by Crippen LogP contribution is -2.54. The number of nitrogens with one attached hydrogen (secondary N) is 2. The van der Waals surface area contributed by atoms with Gasteiger partial charge in [-0.15, -0.1) is 10.2 Å². The van der Waals surface area contributed by atoms with Crippen molar-refractivity contribution in [2.75, 3.05) is 26.4 Å². The van der Waals surface area contributed by atoms with E-state index < -0.39 is 97.7 Å². The smallest absolute Gasteiger partial charge is 0.368 e. The molecule has 0 aliphatic carbocycles. The fourth-order valence-corrected chi connectivity index (χ4v) is 11.5. The van der Waals surface area contributed by atoms with Crippen molar-refractivity contribution in [3.63, 3.8) is 0 Å². The lowest BCUT2D eigenvalue weighted by Gasteiger charge is -2.27. The maximum Gasteiger partial charge on any atom is 0.442 e. The third-order valence-electron chi connectivity index (χ3n) is 9.02. The summed E-state index contributed by atoms with van der Waals surface area (Å²) in [5, 5.41) is 11.1. The summed E-state index contributed by atoms with van der Waals surface area (Å²) in [7, 11) is -10.1. The minimum atomic E-state index is -5.07. The highest BCUT2D eigenvalue weighted by Gasteiger charge is 2.65. The summed E-state index contributed by atoms with van der Waals surface area (Å²) in [5.74, 6) is -3.32. The van der Waals surface area contributed by atoms with Gasteiger partial charge in [-0.1, -0.05) is 56.1 Å². The van der Waals surface area contributed by atoms with Crippen LogP contribution in [-0.2, 0) is 66.6 Å². The molecular formula is C37H39Br2F7IN5O9P2. The van der Waals surface area contributed by atoms with E-state index >= 15 is 17.6 Å². The van der Waals surface area contributed by atoms with Crippen LogP contribution in [0.2, 0.25) is 0 Å². The SMILES string of the molecule is CCOP(=O)(OCC)C(F)(F)c1ccc(C[C@H](NC(=O)[C@H](Cc2ccc(C(F)(F)P(=O)(OCC)OCC)c(Br)c2)NC(=O)c2cc(I)cc(C3(C(F)(F)F)N=N3)c2)C(N)=O)cc1Br. The molecule has 0 bridgehead atoms. The first-order valence-corrected chi connectivity index (χ1v) is 24.4. The molecule has 0 radical (unpaired) electrons. The van der Waals surface area contributed by atoms with Gasteiger partial charge < -0.3 is 34.5 Å². The Morgan fingerprint density at radius 3 is 1.51 bits per heavy atom. The molecule has 0 saturated heterocycles. The predicted molar refractivity (Wildman–Crippen MR) is 229 cm³/mol. The number of amides is 3. The molecule has 14 nitrogen and oxygen atoms in total. The van der Waals surface area contributed by atoms with Crippen LogP contribution < -0.4 is 16.4 Å². The number of carbonyl (C=O) groups excluding carboxylic acids is 3. The molecule has 63 heavy (non-hydrogen) atoms. The molecule has 3 aromatic rings. The molecule has 4 N–H and O–H groups in total. The number of carbonyl (C=O) groups is 3. The fourth-order valence-electron chi connectivity index (χ4n) is 6.01. The predicted octanol–water partition coefficient (Wildman–Crippen LogP) is 10.2. The van der Waals surface area contributed by atoms with Crippen molar-refractivity contribution in [2.45, 2.75) is 75.8 Å². The minimum Gasteiger partial charge on any atom is -0.368 e. The van der Waals surface area contributed by atoms with Crippen LogP contribution in [-0.4, -0.2) is 62.4 Å². The van der Waals surface area contributed by atoms with Crippen molar-refractivity contribution >= 4 is 87.4 Å². The summed E-state index contributed by atoms with van der Waals surface area (Å²) >= 11 is 7.75. The number of rotatable bonds is 22. The molecule has 346 valence electrons. The second-order valence-electron chi connectivity index (χ2n) is 13.4. The van der Waals surface area contributed by atoms with E-state index in [1.165, 1.54) is 33.8 Å². The highest BCUT2D eigenvalue weighted by atomic mass is 127. The molecule has 1 aliphatic heterocycles. The Hall–Kier alpha value is -2.83. The summed E-state index contributed by atoms with van der Waals surface area (Å²) in [6.07, 6.45) is -5.88. The molecule has 3 aromatic carbocycles. The van der Waals surface area contributed by atoms with Gasteiger partial charge >= 0.3 is 38.4 Å². The Morgan fingerprint density at radius 1 is 0.714 bits per heavy atom. The number of benzene rings is 3. The zero-order chi connectivity index (χ0) is 47.3. The van der Waals surface area contributed by atoms with Gasteiger partial charge in [0, 0.05) is 47.6 Å². The molecule has 3 amide bonds. The van der Waals surface area contributed by atoms with Gasteiger partial charge in [-0.2, -0.15) is 30.7 Å². The first-order valence-electron chi connectivity index (χ1n) is 18.6. The zero-order valence-corrected chi connectivity index (χ0v) is 40.5. The van der Waals surface area contributed by atoms with Crippen LogP contribution in [0.4, 0.5) is 30.7 Å². The average molecular weight is 1180 g/mol. The van der Waals surface area contributed by atoms with Crippen molar-refractivity contribution in [1.82, 2.24) is 10.6 Å². The maximum atomic E-state index is 15.7. The van der Waals surface area contributed by atoms with E-state index in [0.29, 0.717) is 0 Å². The Labute approximate surface area is 386 Å². The molecule has 0 fully saturated rings. The van der Waals surface area contributed by atoms with Gasteiger partial charge in [0.25, 0.3) is 5.91 Å². The van der Waals surface area contributed by atoms with Gasteiger partial charge in [0.05, 0.1) is 26.4 Å². The van der Waals surface area contributed by atoms with Crippen LogP contribution >= 0.6 is 69.6 Å². The Balaban J connectivity index is 1.70. The third-order valence-corrected chi connectivity index (χ3v) is 15.2. The van der Waals surface area contributed by atoms with E-state index in [4.69, 9.17) is 23.8 Å². The van der Waals surface area contributed by atoms with Crippen molar-refractivity contribution < 1.29 is 72.3 Å². The third kappa shape index (κ3) is 11.6. The molecule has 1 heterocycles. The standard InChI is InChI=1S/C37H39Br2F7IN5O9P2/c1-5-58-62(56,59-6-2)35(40,41)25-11-9-20(13-27(25)38)15-29(31(48)53)49-33(55)30(50-32(54)22-17-23(19-24(47)18-22)34(51-52-34)37(44,45)46)16-21-10-12-26(28(39)14-21)36(42,43)63(57,60-7-3)61-8-4/h9-14,17-19,29-30H,5-8,15-16H2,1-4H3,(H2,48,53)(H,49,55)(H,50,54)/t29-,30-/m0/s1. The lowest BCUT2D eigenvalue weighted by atomic mass is 9.99. The minimum absolute atomic E-state index is 0.0898. The van der Waals surface area contributed by atoms with E-state index in [9.17, 15) is 36.7 Å². The summed E-state index contributed by atoms with van der Waals surface area (Å²) < 4.78 is 149. The van der Waals surface area contributed by atoms with Gasteiger partial charge in [0.2, 0.25) is 11.8 Å². The summed E-state index contributed by atoms with van der Waals surface area (Å²) in [5.41, 5.74) is -7.80. The maximum absolute atomic E-state index is 15.7. The molecule has 4 rings (SSSR count). The van der Waals surface area contributed by atoms with Gasteiger partial charge in [-0.3, -0.25) is 23.5 Å². The number of primary amides is 1. The van der Waals surface area contributed by atoms with Gasteiger partial charge in [-0.05, 0) is 91.7 Å². The van der Waals surface area contributed by atoms with E-state index in [-0.39, 0.29) is 55.6 Å². The molecule has 0 aromatic heterocycles. The van der Waals surface area contributed by atoms with E-state index in [2.05, 4.69) is 52.7 Å². The van der Waals surface area contributed by atoms with Crippen LogP contribution in [0.3, 0.4) is 0 Å². The van der Waals surface area contributed by atoms with Crippen LogP contribution in [0.25, 0.3) is 0 Å². The van der Waals surface area contributed by atoms with Crippen molar-refractivity contribution in [3.05, 3.63) is 100 Å². The molecular weight excluding hydrogens is 1140 g/mol. The van der Waals surface area contributed by atoms with Crippen LogP contribution in [0.15, 0.2) is 73.8 Å². The Kier molecular flexibility index (Phi) is 17.4. The molecule has 1 aliphatic rings. The first kappa shape index (κ1) is 52.8. The van der Waals surface area contributed by atoms with Crippen LogP contribution in [0.5, 0.6) is 0 Å². The topological polar surface area (TPSA) is 197 Å². The summed E-state index contributed by atoms with van der Waals surface area (Å²) in [4.78, 5) is 40.5. The van der Waals surface area contributed by atoms with E-state index in [1.807, 2.05) is 0 Å². The number of alkyl halides is 7. The second-order valence-corrected chi connectivity index (χ2v) is 20.5. The quantitative estimate of drug-likeness (QED) is 0.0498. The van der Waals surface area contributed by atoms with Gasteiger partial charge in [-0.25, -0.2) is 0 Å². The molecule has 0 unspecified atom stereocenters. The van der Waals surface area contributed by atoms with E-state index in [1.54, 1.807) is 22.6 Å². The summed E-state index contributed by atoms with van der Waals surface area (Å²) in [6, 6.07) is 6.22. The highest BCUT2D eigenvalue weighted by molar-refractivity contribution is 14.1. The first-order chi connectivity index (χ1) is 29.3. The lowest BCUT2D eigenvalue weighted by molar-refractivity contribution is -0.166. The number of nitrogens with two attached hydrogens (primary N) is 1. The number of hydrogen-bond donors (Lipinski definition) is 3. The Morgan fingerprint density at radius 2 is 1.14 bits per heavy atom. The number of nitrogens with zero attached hydrogens (tertiary/aromatic N) is 2. The van der Waals surface area contributed by atoms with Gasteiger partial charge in [0.1, 0.15) is 12.1 Å². The van der Waals surface area contributed by atoms with Crippen LogP contribution in [0.1, 0.15) is 65.9 Å². The highest BCUT2D eigenvalue weighted by Crippen LogP contribution is 2.68. The van der Waals surface area contributed by atoms with E-state index in [0.717, 1.165) is 48.5 Å². The summed E-state index contributed by atoms with van der Waals surface area (Å²) in [6.45, 7) is 3.92. The van der Waals surface area contributed by atoms with Crippen molar-refractivity contribution in [1.29, 1.82) is 0 Å². The van der Waals surface area contributed by atoms with Crippen LogP contribution in [0, 0.1) is 3.57 Å². The second kappa shape index (κ2) is 20.8. The number of halogens is 10. The Bertz CT molecular complexity index is 2320. The van der Waals surface area contributed by atoms with Crippen molar-refractivity contribution in [3.8, 4) is 0 Å². The number of hydrogen-bond acceptors (Lipinski definition) is 11. The van der Waals surface area contributed by atoms with Crippen molar-refractivity contribution in [2.24, 2.45) is 16.0 Å². The monoisotopic (exact) mass is 1180 g/mol. The normalized spacial score (nSPS) is 15.1. The zero-order valence-electron chi connectivity index (χ0n) is 33.4. The molecule has 26 heteroatoms. The molecule has 0 saturated carbocycles. The fraction of sp³-hybridized carbons (Fsp3) is 0.432.